The van der Waals surface area contributed by atoms with Gasteiger partial charge in [-0.05, 0) is 37.1 Å². The molecule has 5 heteroatoms. The Morgan fingerprint density at radius 1 is 1.25 bits per heavy atom. The Morgan fingerprint density at radius 3 is 2.92 bits per heavy atom. The first-order valence-electron chi connectivity index (χ1n) is 8.36. The van der Waals surface area contributed by atoms with Crippen molar-refractivity contribution in [1.29, 1.82) is 0 Å². The molecular weight excluding hydrogens is 305 g/mol. The second-order valence-corrected chi connectivity index (χ2v) is 6.13. The Morgan fingerprint density at radius 2 is 2.12 bits per heavy atom. The van der Waals surface area contributed by atoms with Gasteiger partial charge in [0.1, 0.15) is 5.82 Å². The lowest BCUT2D eigenvalue weighted by molar-refractivity contribution is -0.129. The van der Waals surface area contributed by atoms with Gasteiger partial charge in [-0.2, -0.15) is 0 Å². The van der Waals surface area contributed by atoms with Crippen LogP contribution in [0, 0.1) is 5.82 Å². The molecule has 3 rings (SSSR count). The summed E-state index contributed by atoms with van der Waals surface area (Å²) in [5, 5.41) is 3.28. The molecule has 0 unspecified atom stereocenters. The van der Waals surface area contributed by atoms with Crippen molar-refractivity contribution in [2.75, 3.05) is 6.54 Å². The summed E-state index contributed by atoms with van der Waals surface area (Å²) in [4.78, 5) is 18.2. The molecule has 0 radical (unpaired) electrons. The van der Waals surface area contributed by atoms with Crippen LogP contribution in [-0.2, 0) is 17.9 Å². The molecule has 24 heavy (non-hydrogen) atoms. The van der Waals surface area contributed by atoms with Crippen LogP contribution in [0.2, 0.25) is 0 Å². The zero-order chi connectivity index (χ0) is 16.8. The summed E-state index contributed by atoms with van der Waals surface area (Å²) < 4.78 is 13.6. The lowest BCUT2D eigenvalue weighted by Crippen LogP contribution is -2.34. The predicted octanol–water partition coefficient (Wildman–Crippen LogP) is 2.89. The Balaban J connectivity index is 1.49. The zero-order valence-corrected chi connectivity index (χ0v) is 13.6. The number of halogens is 1. The average Bonchev–Trinajstić information content (AvgIpc) is 2.94. The van der Waals surface area contributed by atoms with Crippen LogP contribution in [0.15, 0.2) is 48.8 Å². The van der Waals surface area contributed by atoms with E-state index in [2.05, 4.69) is 10.3 Å². The molecule has 126 valence electrons. The number of benzene rings is 1. The quantitative estimate of drug-likeness (QED) is 0.795. The van der Waals surface area contributed by atoms with Gasteiger partial charge >= 0.3 is 0 Å². The summed E-state index contributed by atoms with van der Waals surface area (Å²) in [5.74, 6) is 0.0252. The number of hydrogen-bond donors (Lipinski definition) is 1. The SMILES string of the molecule is O=C1CC[C@H](CCNCc2ccccc2F)N1Cc1cccnc1. The van der Waals surface area contributed by atoms with Gasteiger partial charge < -0.3 is 10.2 Å². The summed E-state index contributed by atoms with van der Waals surface area (Å²) in [6.07, 6.45) is 5.91. The van der Waals surface area contributed by atoms with Gasteiger partial charge in [-0.15, -0.1) is 0 Å². The molecule has 1 fully saturated rings. The van der Waals surface area contributed by atoms with Crippen molar-refractivity contribution in [1.82, 2.24) is 15.2 Å². The summed E-state index contributed by atoms with van der Waals surface area (Å²) >= 11 is 0. The van der Waals surface area contributed by atoms with Gasteiger partial charge in [-0.1, -0.05) is 24.3 Å². The van der Waals surface area contributed by atoms with Crippen molar-refractivity contribution >= 4 is 5.91 Å². The van der Waals surface area contributed by atoms with E-state index in [1.54, 1.807) is 24.5 Å². The maximum atomic E-state index is 13.6. The molecule has 1 atom stereocenters. The average molecular weight is 327 g/mol. The van der Waals surface area contributed by atoms with Crippen LogP contribution >= 0.6 is 0 Å². The molecule has 4 nitrogen and oxygen atoms in total. The molecule has 1 aliphatic heterocycles. The molecule has 0 bridgehead atoms. The van der Waals surface area contributed by atoms with Crippen molar-refractivity contribution in [3.8, 4) is 0 Å². The van der Waals surface area contributed by atoms with Crippen molar-refractivity contribution in [3.63, 3.8) is 0 Å². The van der Waals surface area contributed by atoms with Crippen molar-refractivity contribution in [2.45, 2.75) is 38.4 Å². The number of carbonyl (C=O) groups is 1. The van der Waals surface area contributed by atoms with E-state index in [0.29, 0.717) is 25.1 Å². The highest BCUT2D eigenvalue weighted by Crippen LogP contribution is 2.23. The molecule has 1 N–H and O–H groups in total. The van der Waals surface area contributed by atoms with Crippen molar-refractivity contribution < 1.29 is 9.18 Å². The third-order valence-corrected chi connectivity index (χ3v) is 4.46. The smallest absolute Gasteiger partial charge is 0.223 e. The van der Waals surface area contributed by atoms with Gasteiger partial charge in [0.15, 0.2) is 0 Å². The Bertz CT molecular complexity index is 677. The maximum absolute atomic E-state index is 13.6. The van der Waals surface area contributed by atoms with Crippen LogP contribution < -0.4 is 5.32 Å². The van der Waals surface area contributed by atoms with Crippen LogP contribution in [-0.4, -0.2) is 28.4 Å². The number of carbonyl (C=O) groups excluding carboxylic acids is 1. The van der Waals surface area contributed by atoms with Crippen LogP contribution in [0.25, 0.3) is 0 Å². The molecule has 1 aromatic heterocycles. The van der Waals surface area contributed by atoms with Crippen LogP contribution in [0.3, 0.4) is 0 Å². The largest absolute Gasteiger partial charge is 0.335 e. The Hall–Kier alpha value is -2.27. The number of rotatable bonds is 7. The lowest BCUT2D eigenvalue weighted by atomic mass is 10.1. The minimum atomic E-state index is -0.181. The summed E-state index contributed by atoms with van der Waals surface area (Å²) in [5.41, 5.74) is 1.73. The molecule has 2 aromatic rings. The van der Waals surface area contributed by atoms with E-state index in [4.69, 9.17) is 0 Å². The van der Waals surface area contributed by atoms with E-state index in [1.165, 1.54) is 6.07 Å². The maximum Gasteiger partial charge on any atom is 0.223 e. The van der Waals surface area contributed by atoms with Gasteiger partial charge in [0.25, 0.3) is 0 Å². The van der Waals surface area contributed by atoms with E-state index in [9.17, 15) is 9.18 Å². The van der Waals surface area contributed by atoms with Crippen molar-refractivity contribution in [2.24, 2.45) is 0 Å². The number of aromatic nitrogens is 1. The van der Waals surface area contributed by atoms with Gasteiger partial charge in [-0.3, -0.25) is 9.78 Å². The monoisotopic (exact) mass is 327 g/mol. The highest BCUT2D eigenvalue weighted by molar-refractivity contribution is 5.78. The molecule has 1 saturated heterocycles. The number of amides is 1. The van der Waals surface area contributed by atoms with Crippen molar-refractivity contribution in [3.05, 3.63) is 65.7 Å². The van der Waals surface area contributed by atoms with Gasteiger partial charge in [0, 0.05) is 43.5 Å². The van der Waals surface area contributed by atoms with Gasteiger partial charge in [0.05, 0.1) is 0 Å². The minimum absolute atomic E-state index is 0.181. The summed E-state index contributed by atoms with van der Waals surface area (Å²) in [6.45, 7) is 1.89. The summed E-state index contributed by atoms with van der Waals surface area (Å²) in [6, 6.07) is 10.9. The van der Waals surface area contributed by atoms with E-state index in [-0.39, 0.29) is 17.8 Å². The first kappa shape index (κ1) is 16.6. The first-order chi connectivity index (χ1) is 11.7. The molecule has 1 aliphatic rings. The number of hydrogen-bond acceptors (Lipinski definition) is 3. The fraction of sp³-hybridized carbons (Fsp3) is 0.368. The molecule has 1 amide bonds. The van der Waals surface area contributed by atoms with E-state index >= 15 is 0 Å². The Kier molecular flexibility index (Phi) is 5.54. The zero-order valence-electron chi connectivity index (χ0n) is 13.6. The number of nitrogens with zero attached hydrogens (tertiary/aromatic N) is 2. The van der Waals surface area contributed by atoms with Crippen LogP contribution in [0.5, 0.6) is 0 Å². The lowest BCUT2D eigenvalue weighted by Gasteiger charge is -2.25. The topological polar surface area (TPSA) is 45.2 Å². The standard InChI is InChI=1S/C19H22FN3O/c20-18-6-2-1-5-16(18)13-22-11-9-17-7-8-19(24)23(17)14-15-4-3-10-21-12-15/h1-6,10,12,17,22H,7-9,11,13-14H2/t17-/m1/s1. The summed E-state index contributed by atoms with van der Waals surface area (Å²) in [7, 11) is 0. The van der Waals surface area contributed by atoms with E-state index in [1.807, 2.05) is 23.1 Å². The van der Waals surface area contributed by atoms with Gasteiger partial charge in [0.2, 0.25) is 5.91 Å². The molecular formula is C19H22FN3O. The normalized spacial score (nSPS) is 17.5. The van der Waals surface area contributed by atoms with Crippen LogP contribution in [0.1, 0.15) is 30.4 Å². The second kappa shape index (κ2) is 8.02. The predicted molar refractivity (Wildman–Crippen MR) is 90.5 cm³/mol. The Labute approximate surface area is 141 Å². The third kappa shape index (κ3) is 4.17. The highest BCUT2D eigenvalue weighted by Gasteiger charge is 2.30. The number of likely N-dealkylation sites (tertiary alicyclic amines) is 1. The fourth-order valence-electron chi connectivity index (χ4n) is 3.13. The van der Waals surface area contributed by atoms with E-state index in [0.717, 1.165) is 24.9 Å². The highest BCUT2D eigenvalue weighted by atomic mass is 19.1. The molecule has 0 spiro atoms. The molecule has 2 heterocycles. The first-order valence-corrected chi connectivity index (χ1v) is 8.36. The minimum Gasteiger partial charge on any atom is -0.335 e. The van der Waals surface area contributed by atoms with E-state index < -0.39 is 0 Å². The molecule has 0 aliphatic carbocycles. The second-order valence-electron chi connectivity index (χ2n) is 6.13. The van der Waals surface area contributed by atoms with Crippen LogP contribution in [0.4, 0.5) is 4.39 Å². The number of nitrogens with one attached hydrogen (secondary N) is 1. The fourth-order valence-corrected chi connectivity index (χ4v) is 3.13. The third-order valence-electron chi connectivity index (χ3n) is 4.46. The molecule has 0 saturated carbocycles. The number of pyridine rings is 1. The van der Waals surface area contributed by atoms with Gasteiger partial charge in [-0.25, -0.2) is 4.39 Å². The molecule has 1 aromatic carbocycles.